The fourth-order valence-corrected chi connectivity index (χ4v) is 4.65. The van der Waals surface area contributed by atoms with E-state index in [0.29, 0.717) is 42.3 Å². The van der Waals surface area contributed by atoms with Crippen molar-refractivity contribution in [3.05, 3.63) is 53.6 Å². The highest BCUT2D eigenvalue weighted by Crippen LogP contribution is 2.34. The van der Waals surface area contributed by atoms with E-state index in [0.717, 1.165) is 29.4 Å². The number of carbonyl (C=O) groups is 2. The van der Waals surface area contributed by atoms with E-state index >= 15 is 0 Å². The lowest BCUT2D eigenvalue weighted by molar-refractivity contribution is -0.129. The van der Waals surface area contributed by atoms with Crippen LogP contribution >= 0.6 is 0 Å². The van der Waals surface area contributed by atoms with E-state index in [1.807, 2.05) is 23.2 Å². The first-order chi connectivity index (χ1) is 16.5. The van der Waals surface area contributed by atoms with Gasteiger partial charge in [0.25, 0.3) is 5.91 Å². The van der Waals surface area contributed by atoms with Gasteiger partial charge in [-0.05, 0) is 75.8 Å². The molecule has 6 nitrogen and oxygen atoms in total. The number of fused-ring (bicyclic) bond motifs is 1. The molecule has 1 aliphatic rings. The van der Waals surface area contributed by atoms with Crippen LogP contribution in [0, 0.1) is 18.7 Å². The third kappa shape index (κ3) is 5.09. The first-order valence-electron chi connectivity index (χ1n) is 12.2. The maximum absolute atomic E-state index is 14.3. The fraction of sp³-hybridized carbons (Fsp3) is 0.464. The van der Waals surface area contributed by atoms with Crippen molar-refractivity contribution >= 4 is 22.8 Å². The Morgan fingerprint density at radius 3 is 2.40 bits per heavy atom. The largest absolute Gasteiger partial charge is 0.349 e. The molecule has 0 saturated carbocycles. The minimum absolute atomic E-state index is 0.0890. The molecule has 4 rings (SSSR count). The number of aryl methyl sites for hydroxylation is 1. The second kappa shape index (κ2) is 9.44. The second-order valence-electron chi connectivity index (χ2n) is 10.8. The molecule has 2 aromatic heterocycles. The van der Waals surface area contributed by atoms with Gasteiger partial charge < -0.3 is 14.4 Å². The quantitative estimate of drug-likeness (QED) is 0.516. The number of amides is 2. The number of nitrogens with zero attached hydrogens (tertiary/aromatic N) is 4. The summed E-state index contributed by atoms with van der Waals surface area (Å²) in [6, 6.07) is 8.96. The van der Waals surface area contributed by atoms with E-state index in [2.05, 4.69) is 25.3 Å². The van der Waals surface area contributed by atoms with Gasteiger partial charge >= 0.3 is 0 Å². The molecule has 0 atom stereocenters. The Bertz CT molecular complexity index is 1260. The lowest BCUT2D eigenvalue weighted by Crippen LogP contribution is -2.40. The van der Waals surface area contributed by atoms with Crippen LogP contribution in [0.15, 0.2) is 36.5 Å². The molecule has 2 amide bonds. The van der Waals surface area contributed by atoms with Crippen molar-refractivity contribution in [1.29, 1.82) is 0 Å². The van der Waals surface area contributed by atoms with Gasteiger partial charge in [0.15, 0.2) is 0 Å². The van der Waals surface area contributed by atoms with Gasteiger partial charge in [-0.3, -0.25) is 9.59 Å². The predicted octanol–water partition coefficient (Wildman–Crippen LogP) is 5.24. The predicted molar refractivity (Wildman–Crippen MR) is 137 cm³/mol. The molecule has 0 bridgehead atoms. The van der Waals surface area contributed by atoms with Gasteiger partial charge in [0.05, 0.1) is 0 Å². The Kier molecular flexibility index (Phi) is 6.71. The van der Waals surface area contributed by atoms with Crippen molar-refractivity contribution in [3.63, 3.8) is 0 Å². The van der Waals surface area contributed by atoms with Crippen molar-refractivity contribution in [2.75, 3.05) is 27.2 Å². The summed E-state index contributed by atoms with van der Waals surface area (Å²) in [5.74, 6) is 0.109. The van der Waals surface area contributed by atoms with Gasteiger partial charge in [-0.25, -0.2) is 9.37 Å². The maximum atomic E-state index is 14.3. The molecule has 0 spiro atoms. The summed E-state index contributed by atoms with van der Waals surface area (Å²) in [4.78, 5) is 33.6. The fourth-order valence-electron chi connectivity index (χ4n) is 4.65. The van der Waals surface area contributed by atoms with Gasteiger partial charge in [-0.15, -0.1) is 0 Å². The smallest absolute Gasteiger partial charge is 0.272 e. The lowest BCUT2D eigenvalue weighted by atomic mass is 9.93. The number of carbonyl (C=O) groups excluding carboxylic acids is 2. The molecule has 0 radical (unpaired) electrons. The highest BCUT2D eigenvalue weighted by atomic mass is 19.1. The zero-order valence-corrected chi connectivity index (χ0v) is 21.6. The summed E-state index contributed by atoms with van der Waals surface area (Å²) in [7, 11) is 3.55. The number of benzene rings is 1. The van der Waals surface area contributed by atoms with Gasteiger partial charge in [0.2, 0.25) is 5.91 Å². The molecule has 186 valence electrons. The Morgan fingerprint density at radius 2 is 1.80 bits per heavy atom. The molecule has 0 unspecified atom stereocenters. The summed E-state index contributed by atoms with van der Waals surface area (Å²) >= 11 is 0. The SMILES string of the molecule is Cc1ccc(-c2cn(C(C)(C)C)c3nc(C(=O)N4CCC(CC(=O)N(C)C)CC4)ccc23)cc1F. The normalized spacial score (nSPS) is 15.0. The Labute approximate surface area is 206 Å². The molecule has 3 aromatic rings. The van der Waals surface area contributed by atoms with Crippen LogP contribution in [0.2, 0.25) is 0 Å². The van der Waals surface area contributed by atoms with Crippen LogP contribution in [0.3, 0.4) is 0 Å². The number of pyridine rings is 1. The van der Waals surface area contributed by atoms with Crippen molar-refractivity contribution in [1.82, 2.24) is 19.4 Å². The van der Waals surface area contributed by atoms with Crippen LogP contribution in [0.25, 0.3) is 22.2 Å². The van der Waals surface area contributed by atoms with E-state index in [1.165, 1.54) is 0 Å². The molecule has 0 aliphatic carbocycles. The van der Waals surface area contributed by atoms with Crippen molar-refractivity contribution in [3.8, 4) is 11.1 Å². The summed E-state index contributed by atoms with van der Waals surface area (Å²) in [5.41, 5.74) is 3.14. The van der Waals surface area contributed by atoms with Crippen molar-refractivity contribution in [2.45, 2.75) is 52.5 Å². The third-order valence-corrected chi connectivity index (χ3v) is 6.94. The minimum Gasteiger partial charge on any atom is -0.349 e. The number of hydrogen-bond donors (Lipinski definition) is 0. The summed E-state index contributed by atoms with van der Waals surface area (Å²) in [5, 5.41) is 0.889. The van der Waals surface area contributed by atoms with Crippen molar-refractivity contribution < 1.29 is 14.0 Å². The number of aromatic nitrogens is 2. The highest BCUT2D eigenvalue weighted by molar-refractivity contribution is 5.99. The zero-order chi connectivity index (χ0) is 25.5. The van der Waals surface area contributed by atoms with E-state index in [1.54, 1.807) is 44.1 Å². The molecular formula is C28H35FN4O2. The van der Waals surface area contributed by atoms with E-state index < -0.39 is 0 Å². The van der Waals surface area contributed by atoms with Crippen LogP contribution in [0.1, 0.15) is 56.1 Å². The summed E-state index contributed by atoms with van der Waals surface area (Å²) in [6.07, 6.45) is 4.16. The molecule has 3 heterocycles. The van der Waals surface area contributed by atoms with E-state index in [9.17, 15) is 14.0 Å². The topological polar surface area (TPSA) is 58.4 Å². The first-order valence-corrected chi connectivity index (χ1v) is 12.2. The van der Waals surface area contributed by atoms with E-state index in [-0.39, 0.29) is 23.2 Å². The third-order valence-electron chi connectivity index (χ3n) is 6.94. The molecule has 1 saturated heterocycles. The van der Waals surface area contributed by atoms with Gasteiger partial charge in [0, 0.05) is 56.3 Å². The van der Waals surface area contributed by atoms with E-state index in [4.69, 9.17) is 4.98 Å². The minimum atomic E-state index is -0.272. The maximum Gasteiger partial charge on any atom is 0.272 e. The number of hydrogen-bond acceptors (Lipinski definition) is 3. The number of likely N-dealkylation sites (tertiary alicyclic amines) is 1. The summed E-state index contributed by atoms with van der Waals surface area (Å²) in [6.45, 7) is 9.25. The first kappa shape index (κ1) is 24.9. The average Bonchev–Trinajstić information content (AvgIpc) is 3.20. The molecule has 35 heavy (non-hydrogen) atoms. The molecular weight excluding hydrogens is 443 g/mol. The van der Waals surface area contributed by atoms with Crippen LogP contribution in [-0.4, -0.2) is 58.4 Å². The molecule has 1 aromatic carbocycles. The van der Waals surface area contributed by atoms with Crippen LogP contribution < -0.4 is 0 Å². The Hall–Kier alpha value is -3.22. The molecule has 0 N–H and O–H groups in total. The van der Waals surface area contributed by atoms with Gasteiger partial charge in [-0.1, -0.05) is 12.1 Å². The van der Waals surface area contributed by atoms with Gasteiger partial charge in [-0.2, -0.15) is 0 Å². The monoisotopic (exact) mass is 478 g/mol. The summed E-state index contributed by atoms with van der Waals surface area (Å²) < 4.78 is 16.4. The Balaban J connectivity index is 1.62. The number of rotatable bonds is 4. The lowest BCUT2D eigenvalue weighted by Gasteiger charge is -2.32. The van der Waals surface area contributed by atoms with Crippen molar-refractivity contribution in [2.24, 2.45) is 5.92 Å². The number of piperidine rings is 1. The van der Waals surface area contributed by atoms with Crippen LogP contribution in [0.5, 0.6) is 0 Å². The molecule has 7 heteroatoms. The zero-order valence-electron chi connectivity index (χ0n) is 21.6. The molecule has 1 aliphatic heterocycles. The van der Waals surface area contributed by atoms with Crippen LogP contribution in [-0.2, 0) is 10.3 Å². The molecule has 1 fully saturated rings. The van der Waals surface area contributed by atoms with Crippen LogP contribution in [0.4, 0.5) is 4.39 Å². The number of halogens is 1. The highest BCUT2D eigenvalue weighted by Gasteiger charge is 2.27. The average molecular weight is 479 g/mol. The standard InChI is InChI=1S/C28H35FN4O2/c1-18-7-8-20(16-23(18)29)22-17-33(28(2,3)4)26-21(22)9-10-24(30-26)27(35)32-13-11-19(12-14-32)15-25(34)31(5)6/h7-10,16-17,19H,11-15H2,1-6H3. The Morgan fingerprint density at radius 1 is 1.11 bits per heavy atom. The second-order valence-corrected chi connectivity index (χ2v) is 10.8. The van der Waals surface area contributed by atoms with Gasteiger partial charge in [0.1, 0.15) is 17.2 Å².